The number of hydrogen-bond acceptors (Lipinski definition) is 2. The van der Waals surface area contributed by atoms with Gasteiger partial charge >= 0.3 is 0 Å². The fraction of sp³-hybridized carbons (Fsp3) is 0.385. The molecule has 1 N–H and O–H groups in total. The molecule has 3 nitrogen and oxygen atoms in total. The van der Waals surface area contributed by atoms with Crippen LogP contribution in [0.25, 0.3) is 0 Å². The van der Waals surface area contributed by atoms with Gasteiger partial charge in [0.05, 0.1) is 12.5 Å². The predicted molar refractivity (Wildman–Crippen MR) is 60.9 cm³/mol. The maximum Gasteiger partial charge on any atom is 0.224 e. The Labute approximate surface area is 99.0 Å². The van der Waals surface area contributed by atoms with Crippen molar-refractivity contribution in [3.63, 3.8) is 0 Å². The van der Waals surface area contributed by atoms with Crippen molar-refractivity contribution in [3.05, 3.63) is 35.6 Å². The Morgan fingerprint density at radius 1 is 1.35 bits per heavy atom. The molecule has 0 aromatic heterocycles. The van der Waals surface area contributed by atoms with E-state index in [-0.39, 0.29) is 30.0 Å². The van der Waals surface area contributed by atoms with E-state index in [1.807, 2.05) is 0 Å². The average Bonchev–Trinajstić information content (AvgIpc) is 2.68. The molecule has 1 saturated carbocycles. The number of benzene rings is 1. The first-order valence-electron chi connectivity index (χ1n) is 5.71. The highest BCUT2D eigenvalue weighted by atomic mass is 19.1. The Kier molecular flexibility index (Phi) is 3.52. The highest BCUT2D eigenvalue weighted by Crippen LogP contribution is 2.14. The van der Waals surface area contributed by atoms with Gasteiger partial charge in [0.2, 0.25) is 5.91 Å². The molecule has 1 aliphatic carbocycles. The minimum absolute atomic E-state index is 0.109. The van der Waals surface area contributed by atoms with Gasteiger partial charge < -0.3 is 5.32 Å². The zero-order valence-electron chi connectivity index (χ0n) is 9.41. The molecule has 1 unspecified atom stereocenters. The van der Waals surface area contributed by atoms with Crippen LogP contribution in [0.1, 0.15) is 24.8 Å². The third-order valence-electron chi connectivity index (χ3n) is 2.92. The summed E-state index contributed by atoms with van der Waals surface area (Å²) in [5.74, 6) is -0.394. The molecule has 1 aromatic rings. The standard InChI is InChI=1S/C13H14FNO2/c14-10-6-4-9(5-7-10)8-13(17)15-11-2-1-3-12(11)16/h4-7,11H,1-3,8H2,(H,15,17). The largest absolute Gasteiger partial charge is 0.346 e. The highest BCUT2D eigenvalue weighted by molar-refractivity contribution is 5.91. The summed E-state index contributed by atoms with van der Waals surface area (Å²) in [7, 11) is 0. The quantitative estimate of drug-likeness (QED) is 0.865. The normalized spacial score (nSPS) is 19.4. The van der Waals surface area contributed by atoms with E-state index in [9.17, 15) is 14.0 Å². The summed E-state index contributed by atoms with van der Waals surface area (Å²) in [6.45, 7) is 0. The zero-order valence-corrected chi connectivity index (χ0v) is 9.41. The maximum atomic E-state index is 12.7. The van der Waals surface area contributed by atoms with Gasteiger partial charge in [0, 0.05) is 6.42 Å². The van der Waals surface area contributed by atoms with E-state index in [2.05, 4.69) is 5.32 Å². The molecule has 17 heavy (non-hydrogen) atoms. The number of amides is 1. The van der Waals surface area contributed by atoms with Gasteiger partial charge in [-0.05, 0) is 30.5 Å². The Balaban J connectivity index is 1.88. The Morgan fingerprint density at radius 2 is 2.06 bits per heavy atom. The first-order valence-corrected chi connectivity index (χ1v) is 5.71. The zero-order chi connectivity index (χ0) is 12.3. The Hall–Kier alpha value is -1.71. The number of ketones is 1. The highest BCUT2D eigenvalue weighted by Gasteiger charge is 2.25. The second-order valence-corrected chi connectivity index (χ2v) is 4.28. The van der Waals surface area contributed by atoms with Gasteiger partial charge in [-0.3, -0.25) is 9.59 Å². The average molecular weight is 235 g/mol. The van der Waals surface area contributed by atoms with Crippen molar-refractivity contribution in [2.75, 3.05) is 0 Å². The van der Waals surface area contributed by atoms with Crippen LogP contribution in [0.5, 0.6) is 0 Å². The Bertz CT molecular complexity index is 428. The van der Waals surface area contributed by atoms with Gasteiger partial charge in [0.1, 0.15) is 5.82 Å². The van der Waals surface area contributed by atoms with Crippen LogP contribution in [0.4, 0.5) is 4.39 Å². The van der Waals surface area contributed by atoms with Crippen molar-refractivity contribution in [2.45, 2.75) is 31.7 Å². The molecule has 1 atom stereocenters. The molecule has 2 rings (SSSR count). The van der Waals surface area contributed by atoms with Crippen LogP contribution in [0.15, 0.2) is 24.3 Å². The number of hydrogen-bond donors (Lipinski definition) is 1. The van der Waals surface area contributed by atoms with E-state index in [4.69, 9.17) is 0 Å². The second-order valence-electron chi connectivity index (χ2n) is 4.28. The van der Waals surface area contributed by atoms with Crippen molar-refractivity contribution in [1.82, 2.24) is 5.32 Å². The third kappa shape index (κ3) is 3.12. The van der Waals surface area contributed by atoms with Crippen LogP contribution in [-0.4, -0.2) is 17.7 Å². The SMILES string of the molecule is O=C(Cc1ccc(F)cc1)NC1CCCC1=O. The predicted octanol–water partition coefficient (Wildman–Crippen LogP) is 1.61. The lowest BCUT2D eigenvalue weighted by atomic mass is 10.1. The minimum Gasteiger partial charge on any atom is -0.346 e. The number of halogens is 1. The third-order valence-corrected chi connectivity index (χ3v) is 2.92. The number of Topliss-reactive ketones (excluding diaryl/α,β-unsaturated/α-hetero) is 1. The molecular weight excluding hydrogens is 221 g/mol. The fourth-order valence-electron chi connectivity index (χ4n) is 2.00. The van der Waals surface area contributed by atoms with Crippen molar-refractivity contribution >= 4 is 11.7 Å². The van der Waals surface area contributed by atoms with Gasteiger partial charge in [-0.15, -0.1) is 0 Å². The first kappa shape index (κ1) is 11.8. The van der Waals surface area contributed by atoms with Gasteiger partial charge in [-0.2, -0.15) is 0 Å². The van der Waals surface area contributed by atoms with Crippen LogP contribution in [0.2, 0.25) is 0 Å². The van der Waals surface area contributed by atoms with Gasteiger partial charge in [0.15, 0.2) is 5.78 Å². The van der Waals surface area contributed by atoms with Crippen LogP contribution < -0.4 is 5.32 Å². The molecule has 1 aliphatic rings. The molecule has 1 fully saturated rings. The fourth-order valence-corrected chi connectivity index (χ4v) is 2.00. The molecule has 1 amide bonds. The summed E-state index contributed by atoms with van der Waals surface area (Å²) in [6, 6.07) is 5.48. The maximum absolute atomic E-state index is 12.7. The Morgan fingerprint density at radius 3 is 2.65 bits per heavy atom. The van der Waals surface area contributed by atoms with Crippen molar-refractivity contribution < 1.29 is 14.0 Å². The topological polar surface area (TPSA) is 46.2 Å². The lowest BCUT2D eigenvalue weighted by molar-refractivity contribution is -0.126. The van der Waals surface area contributed by atoms with E-state index < -0.39 is 0 Å². The number of nitrogens with one attached hydrogen (secondary N) is 1. The summed E-state index contributed by atoms with van der Waals surface area (Å²) in [5.41, 5.74) is 0.745. The molecule has 0 heterocycles. The number of carbonyl (C=O) groups excluding carboxylic acids is 2. The van der Waals surface area contributed by atoms with Crippen LogP contribution in [0.3, 0.4) is 0 Å². The second kappa shape index (κ2) is 5.08. The monoisotopic (exact) mass is 235 g/mol. The summed E-state index contributed by atoms with van der Waals surface area (Å²) in [6.07, 6.45) is 2.32. The molecule has 0 spiro atoms. The molecule has 0 saturated heterocycles. The summed E-state index contributed by atoms with van der Waals surface area (Å²) in [5, 5.41) is 2.71. The molecule has 0 radical (unpaired) electrons. The van der Waals surface area contributed by atoms with E-state index in [1.54, 1.807) is 12.1 Å². The molecule has 4 heteroatoms. The summed E-state index contributed by atoms with van der Waals surface area (Å²) < 4.78 is 12.7. The van der Waals surface area contributed by atoms with E-state index in [1.165, 1.54) is 12.1 Å². The van der Waals surface area contributed by atoms with E-state index >= 15 is 0 Å². The first-order chi connectivity index (χ1) is 8.15. The van der Waals surface area contributed by atoms with Gasteiger partial charge in [-0.25, -0.2) is 4.39 Å². The van der Waals surface area contributed by atoms with Crippen molar-refractivity contribution in [2.24, 2.45) is 0 Å². The van der Waals surface area contributed by atoms with E-state index in [0.29, 0.717) is 6.42 Å². The smallest absolute Gasteiger partial charge is 0.224 e. The minimum atomic E-state index is -0.319. The number of rotatable bonds is 3. The van der Waals surface area contributed by atoms with Crippen molar-refractivity contribution in [3.8, 4) is 0 Å². The lowest BCUT2D eigenvalue weighted by Crippen LogP contribution is -2.38. The summed E-state index contributed by atoms with van der Waals surface area (Å²) >= 11 is 0. The van der Waals surface area contributed by atoms with Gasteiger partial charge in [0.25, 0.3) is 0 Å². The lowest BCUT2D eigenvalue weighted by Gasteiger charge is -2.10. The van der Waals surface area contributed by atoms with Crippen LogP contribution in [0, 0.1) is 5.82 Å². The van der Waals surface area contributed by atoms with Crippen LogP contribution >= 0.6 is 0 Å². The molecule has 0 aliphatic heterocycles. The molecular formula is C13H14FNO2. The van der Waals surface area contributed by atoms with E-state index in [0.717, 1.165) is 18.4 Å². The van der Waals surface area contributed by atoms with Crippen LogP contribution in [-0.2, 0) is 16.0 Å². The molecule has 0 bridgehead atoms. The molecule has 90 valence electrons. The summed E-state index contributed by atoms with van der Waals surface area (Å²) in [4.78, 5) is 23.0. The number of carbonyl (C=O) groups is 2. The van der Waals surface area contributed by atoms with Gasteiger partial charge in [-0.1, -0.05) is 12.1 Å². The van der Waals surface area contributed by atoms with Crippen molar-refractivity contribution in [1.29, 1.82) is 0 Å². The molecule has 1 aromatic carbocycles.